The minimum atomic E-state index is -0.583. The van der Waals surface area contributed by atoms with Crippen molar-refractivity contribution < 1.29 is 9.53 Å². The molecule has 6 heteroatoms. The maximum Gasteiger partial charge on any atom is 0.341 e. The third-order valence-electron chi connectivity index (χ3n) is 2.15. The molecule has 0 aliphatic rings. The fourth-order valence-corrected chi connectivity index (χ4v) is 1.61. The molecule has 2 aromatic rings. The van der Waals surface area contributed by atoms with Crippen LogP contribution in [-0.2, 0) is 11.3 Å². The Bertz CT molecular complexity index is 561. The number of hydrogen-bond acceptors (Lipinski definition) is 4. The zero-order valence-electron chi connectivity index (χ0n) is 9.14. The number of benzene rings is 1. The predicted octanol–water partition coefficient (Wildman–Crippen LogP) is 3.14. The first-order valence-corrected chi connectivity index (χ1v) is 5.82. The van der Waals surface area contributed by atoms with Gasteiger partial charge in [0, 0.05) is 0 Å². The van der Waals surface area contributed by atoms with E-state index in [1.54, 1.807) is 0 Å². The van der Waals surface area contributed by atoms with Crippen molar-refractivity contribution in [1.29, 1.82) is 0 Å². The standard InChI is InChI=1S/C12H8Cl2N2O2/c13-10-6-9(11(14)16-15-10)12(17)18-7-8-4-2-1-3-5-8/h1-6H,7H2. The average Bonchev–Trinajstić information content (AvgIpc) is 2.40. The van der Waals surface area contributed by atoms with Crippen molar-refractivity contribution in [1.82, 2.24) is 10.2 Å². The van der Waals surface area contributed by atoms with Crippen LogP contribution in [0, 0.1) is 0 Å². The number of rotatable bonds is 3. The third-order valence-corrected chi connectivity index (χ3v) is 2.62. The van der Waals surface area contributed by atoms with Gasteiger partial charge in [-0.3, -0.25) is 0 Å². The van der Waals surface area contributed by atoms with Gasteiger partial charge in [-0.1, -0.05) is 53.5 Å². The van der Waals surface area contributed by atoms with E-state index in [1.807, 2.05) is 30.3 Å². The van der Waals surface area contributed by atoms with Gasteiger partial charge in [-0.15, -0.1) is 10.2 Å². The minimum absolute atomic E-state index is 0.0301. The zero-order chi connectivity index (χ0) is 13.0. The molecule has 0 spiro atoms. The molecule has 4 nitrogen and oxygen atoms in total. The second-order valence-electron chi connectivity index (χ2n) is 3.43. The molecule has 1 aromatic carbocycles. The van der Waals surface area contributed by atoms with E-state index in [-0.39, 0.29) is 22.5 Å². The molecule has 0 unspecified atom stereocenters. The van der Waals surface area contributed by atoms with Crippen molar-refractivity contribution >= 4 is 29.2 Å². The number of carbonyl (C=O) groups excluding carboxylic acids is 1. The highest BCUT2D eigenvalue weighted by molar-refractivity contribution is 6.33. The highest BCUT2D eigenvalue weighted by Crippen LogP contribution is 2.17. The van der Waals surface area contributed by atoms with Crippen LogP contribution in [0.15, 0.2) is 36.4 Å². The van der Waals surface area contributed by atoms with Crippen LogP contribution in [0.3, 0.4) is 0 Å². The lowest BCUT2D eigenvalue weighted by Crippen LogP contribution is -2.07. The normalized spacial score (nSPS) is 10.1. The van der Waals surface area contributed by atoms with E-state index in [0.717, 1.165) is 5.56 Å². The van der Waals surface area contributed by atoms with Crippen LogP contribution < -0.4 is 0 Å². The van der Waals surface area contributed by atoms with Crippen molar-refractivity contribution in [2.45, 2.75) is 6.61 Å². The second kappa shape index (κ2) is 5.80. The molecule has 0 fully saturated rings. The topological polar surface area (TPSA) is 52.1 Å². The van der Waals surface area contributed by atoms with Gasteiger partial charge in [-0.05, 0) is 11.6 Å². The fraction of sp³-hybridized carbons (Fsp3) is 0.0833. The quantitative estimate of drug-likeness (QED) is 0.812. The zero-order valence-corrected chi connectivity index (χ0v) is 10.6. The number of nitrogens with zero attached hydrogens (tertiary/aromatic N) is 2. The van der Waals surface area contributed by atoms with E-state index in [1.165, 1.54) is 6.07 Å². The number of esters is 1. The summed E-state index contributed by atoms with van der Waals surface area (Å²) in [5, 5.41) is 7.11. The van der Waals surface area contributed by atoms with Crippen LogP contribution in [0.5, 0.6) is 0 Å². The van der Waals surface area contributed by atoms with E-state index in [9.17, 15) is 4.79 Å². The van der Waals surface area contributed by atoms with Gasteiger partial charge in [-0.2, -0.15) is 0 Å². The minimum Gasteiger partial charge on any atom is -0.457 e. The van der Waals surface area contributed by atoms with E-state index < -0.39 is 5.97 Å². The lowest BCUT2D eigenvalue weighted by Gasteiger charge is -2.05. The number of ether oxygens (including phenoxy) is 1. The molecule has 0 amide bonds. The molecular formula is C12H8Cl2N2O2. The molecule has 0 saturated heterocycles. The van der Waals surface area contributed by atoms with E-state index in [0.29, 0.717) is 0 Å². The summed E-state index contributed by atoms with van der Waals surface area (Å²) in [6.45, 7) is 0.163. The van der Waals surface area contributed by atoms with Gasteiger partial charge in [0.2, 0.25) is 0 Å². The average molecular weight is 283 g/mol. The molecule has 1 heterocycles. The Balaban J connectivity index is 2.06. The molecule has 1 aromatic heterocycles. The first kappa shape index (κ1) is 12.8. The molecule has 0 aliphatic heterocycles. The third kappa shape index (κ3) is 3.18. The maximum atomic E-state index is 11.8. The Hall–Kier alpha value is -1.65. The largest absolute Gasteiger partial charge is 0.457 e. The molecule has 0 bridgehead atoms. The highest BCUT2D eigenvalue weighted by Gasteiger charge is 2.14. The molecule has 2 rings (SSSR count). The summed E-state index contributed by atoms with van der Waals surface area (Å²) in [7, 11) is 0. The number of aromatic nitrogens is 2. The summed E-state index contributed by atoms with van der Waals surface area (Å²) in [6.07, 6.45) is 0. The molecule has 18 heavy (non-hydrogen) atoms. The van der Waals surface area contributed by atoms with Crippen molar-refractivity contribution in [3.63, 3.8) is 0 Å². The van der Waals surface area contributed by atoms with Crippen molar-refractivity contribution in [3.8, 4) is 0 Å². The van der Waals surface area contributed by atoms with Gasteiger partial charge in [0.1, 0.15) is 12.2 Å². The maximum absolute atomic E-state index is 11.8. The second-order valence-corrected chi connectivity index (χ2v) is 4.18. The predicted molar refractivity (Wildman–Crippen MR) is 67.6 cm³/mol. The van der Waals surface area contributed by atoms with Crippen LogP contribution in [0.25, 0.3) is 0 Å². The fourth-order valence-electron chi connectivity index (χ4n) is 1.30. The van der Waals surface area contributed by atoms with Crippen LogP contribution in [0.1, 0.15) is 15.9 Å². The number of carbonyl (C=O) groups is 1. The first-order valence-electron chi connectivity index (χ1n) is 5.06. The lowest BCUT2D eigenvalue weighted by molar-refractivity contribution is 0.0472. The summed E-state index contributed by atoms with van der Waals surface area (Å²) < 4.78 is 5.10. The Morgan fingerprint density at radius 3 is 2.61 bits per heavy atom. The Kier molecular flexibility index (Phi) is 4.12. The molecular weight excluding hydrogens is 275 g/mol. The van der Waals surface area contributed by atoms with Crippen LogP contribution in [0.2, 0.25) is 10.3 Å². The Morgan fingerprint density at radius 1 is 1.17 bits per heavy atom. The molecule has 0 N–H and O–H groups in total. The van der Waals surface area contributed by atoms with Crippen molar-refractivity contribution in [2.75, 3.05) is 0 Å². The highest BCUT2D eigenvalue weighted by atomic mass is 35.5. The molecule has 0 radical (unpaired) electrons. The number of hydrogen-bond donors (Lipinski definition) is 0. The monoisotopic (exact) mass is 282 g/mol. The summed E-state index contributed by atoms with van der Waals surface area (Å²) in [4.78, 5) is 11.8. The van der Waals surface area contributed by atoms with E-state index in [2.05, 4.69) is 10.2 Å². The Morgan fingerprint density at radius 2 is 1.89 bits per heavy atom. The van der Waals surface area contributed by atoms with Crippen molar-refractivity contribution in [2.24, 2.45) is 0 Å². The first-order chi connectivity index (χ1) is 8.66. The summed E-state index contributed by atoms with van der Waals surface area (Å²) in [6, 6.07) is 10.6. The summed E-state index contributed by atoms with van der Waals surface area (Å²) >= 11 is 11.4. The Labute approximate surface area is 114 Å². The number of halogens is 2. The van der Waals surface area contributed by atoms with Crippen LogP contribution in [0.4, 0.5) is 0 Å². The van der Waals surface area contributed by atoms with Gasteiger partial charge >= 0.3 is 5.97 Å². The summed E-state index contributed by atoms with van der Waals surface area (Å²) in [5.74, 6) is -0.583. The molecule has 0 aliphatic carbocycles. The molecule has 92 valence electrons. The summed E-state index contributed by atoms with van der Waals surface area (Å²) in [5.41, 5.74) is 0.989. The van der Waals surface area contributed by atoms with Crippen LogP contribution >= 0.6 is 23.2 Å². The molecule has 0 atom stereocenters. The van der Waals surface area contributed by atoms with Gasteiger partial charge < -0.3 is 4.74 Å². The van der Waals surface area contributed by atoms with E-state index in [4.69, 9.17) is 27.9 Å². The SMILES string of the molecule is O=C(OCc1ccccc1)c1cc(Cl)nnc1Cl. The van der Waals surface area contributed by atoms with E-state index >= 15 is 0 Å². The van der Waals surface area contributed by atoms with Gasteiger partial charge in [0.15, 0.2) is 10.3 Å². The van der Waals surface area contributed by atoms with Gasteiger partial charge in [0.25, 0.3) is 0 Å². The van der Waals surface area contributed by atoms with Gasteiger partial charge in [-0.25, -0.2) is 4.79 Å². The molecule has 0 saturated carbocycles. The smallest absolute Gasteiger partial charge is 0.341 e. The van der Waals surface area contributed by atoms with Crippen molar-refractivity contribution in [3.05, 3.63) is 57.8 Å². The van der Waals surface area contributed by atoms with Gasteiger partial charge in [0.05, 0.1) is 0 Å². The lowest BCUT2D eigenvalue weighted by atomic mass is 10.2. The van der Waals surface area contributed by atoms with Crippen LogP contribution in [-0.4, -0.2) is 16.2 Å².